The van der Waals surface area contributed by atoms with Crippen molar-refractivity contribution in [2.24, 2.45) is 0 Å². The smallest absolute Gasteiger partial charge is 0.345 e. The third-order valence-electron chi connectivity index (χ3n) is 4.53. The second-order valence-corrected chi connectivity index (χ2v) is 6.45. The largest absolute Gasteiger partial charge is 0.477 e. The maximum absolute atomic E-state index is 12.6. The molecule has 2 aliphatic rings. The Morgan fingerprint density at radius 3 is 3.11 bits per heavy atom. The number of nitrogens with one attached hydrogen (secondary N) is 2. The first-order valence-corrected chi connectivity index (χ1v) is 8.56. The minimum atomic E-state index is -1.37. The van der Waals surface area contributed by atoms with Gasteiger partial charge < -0.3 is 19.9 Å². The molecule has 1 fully saturated rings. The Bertz CT molecular complexity index is 977. The van der Waals surface area contributed by atoms with E-state index in [0.717, 1.165) is 11.8 Å². The van der Waals surface area contributed by atoms with Crippen LogP contribution in [0.5, 0.6) is 0 Å². The number of ether oxygens (including phenoxy) is 1. The first-order chi connectivity index (χ1) is 13.0. The number of carboxylic acids is 1. The summed E-state index contributed by atoms with van der Waals surface area (Å²) in [6.45, 7) is 0.930. The predicted octanol–water partition coefficient (Wildman–Crippen LogP) is 0.761. The van der Waals surface area contributed by atoms with Crippen molar-refractivity contribution in [2.45, 2.75) is 18.9 Å². The minimum absolute atomic E-state index is 0.0859. The molecule has 0 radical (unpaired) electrons. The highest BCUT2D eigenvalue weighted by atomic mass is 16.5. The van der Waals surface area contributed by atoms with E-state index in [1.807, 2.05) is 6.07 Å². The van der Waals surface area contributed by atoms with Gasteiger partial charge in [-0.25, -0.2) is 14.8 Å². The normalized spacial score (nSPS) is 22.5. The number of hydrogen-bond donors (Lipinski definition) is 4. The Kier molecular flexibility index (Phi) is 4.38. The van der Waals surface area contributed by atoms with E-state index in [9.17, 15) is 19.8 Å². The molecule has 1 saturated heterocycles. The average molecular weight is 370 g/mol. The quantitative estimate of drug-likeness (QED) is 0.459. The van der Waals surface area contributed by atoms with Crippen LogP contribution in [0.25, 0.3) is 17.1 Å². The van der Waals surface area contributed by atoms with Crippen LogP contribution in [0.1, 0.15) is 18.4 Å². The third-order valence-corrected chi connectivity index (χ3v) is 4.53. The van der Waals surface area contributed by atoms with Crippen LogP contribution in [-0.2, 0) is 14.3 Å². The first-order valence-electron chi connectivity index (χ1n) is 8.56. The molecule has 0 amide bonds. The number of pyridine rings is 1. The second-order valence-electron chi connectivity index (χ2n) is 6.45. The molecule has 2 aliphatic heterocycles. The topological polar surface area (TPSA) is 128 Å². The molecule has 1 atom stereocenters. The number of aliphatic hydroxyl groups excluding tert-OH is 1. The van der Waals surface area contributed by atoms with Crippen molar-refractivity contribution in [2.75, 3.05) is 13.1 Å². The van der Waals surface area contributed by atoms with E-state index < -0.39 is 23.4 Å². The Balaban J connectivity index is 1.62. The van der Waals surface area contributed by atoms with E-state index in [1.54, 1.807) is 23.5 Å². The number of nitrogens with zero attached hydrogens (tertiary/aromatic N) is 2. The molecule has 0 aliphatic carbocycles. The summed E-state index contributed by atoms with van der Waals surface area (Å²) in [7, 11) is 0. The van der Waals surface area contributed by atoms with Gasteiger partial charge in [0, 0.05) is 36.4 Å². The molecule has 9 heteroatoms. The molecule has 4 N–H and O–H groups in total. The van der Waals surface area contributed by atoms with Crippen LogP contribution in [0, 0.1) is 0 Å². The van der Waals surface area contributed by atoms with Crippen molar-refractivity contribution in [3.63, 3.8) is 0 Å². The van der Waals surface area contributed by atoms with Crippen molar-refractivity contribution in [3.8, 4) is 0 Å². The zero-order valence-electron chi connectivity index (χ0n) is 14.3. The number of hydrazine groups is 1. The number of aliphatic hydroxyl groups is 1. The molecule has 1 unspecified atom stereocenters. The number of rotatable bonds is 4. The van der Waals surface area contributed by atoms with Gasteiger partial charge in [-0.3, -0.25) is 10.2 Å². The van der Waals surface area contributed by atoms with Crippen molar-refractivity contribution < 1.29 is 24.5 Å². The molecular formula is C18H18N4O5. The lowest BCUT2D eigenvalue weighted by Crippen LogP contribution is -2.46. The van der Waals surface area contributed by atoms with Gasteiger partial charge in [0.15, 0.2) is 11.3 Å². The number of piperidine rings is 1. The fourth-order valence-corrected chi connectivity index (χ4v) is 3.24. The number of aromatic amines is 1. The Hall–Kier alpha value is -3.17. The van der Waals surface area contributed by atoms with E-state index in [4.69, 9.17) is 4.74 Å². The number of carbonyl (C=O) groups is 2. The summed E-state index contributed by atoms with van der Waals surface area (Å²) in [5, 5.41) is 21.6. The van der Waals surface area contributed by atoms with E-state index >= 15 is 0 Å². The standard InChI is InChI=1S/C18H18N4O5/c23-11-3-2-6-22(9-11)21-17-14(18(25)26)15(24)13(27-17)7-10-8-20-16-12(10)4-1-5-19-16/h1,4-5,7-8,11,21,23H,2-3,6,9H2,(H,19,20)(H,25,26). The highest BCUT2D eigenvalue weighted by Gasteiger charge is 2.37. The summed E-state index contributed by atoms with van der Waals surface area (Å²) in [4.78, 5) is 31.3. The van der Waals surface area contributed by atoms with Crippen LogP contribution in [-0.4, -0.2) is 56.1 Å². The van der Waals surface area contributed by atoms with Crippen molar-refractivity contribution in [1.29, 1.82) is 0 Å². The summed E-state index contributed by atoms with van der Waals surface area (Å²) >= 11 is 0. The summed E-state index contributed by atoms with van der Waals surface area (Å²) in [6, 6.07) is 3.61. The monoisotopic (exact) mass is 370 g/mol. The van der Waals surface area contributed by atoms with Crippen molar-refractivity contribution in [1.82, 2.24) is 20.4 Å². The number of carboxylic acid groups (broad SMARTS) is 1. The molecule has 2 aromatic heterocycles. The molecule has 140 valence electrons. The molecule has 27 heavy (non-hydrogen) atoms. The number of aliphatic carboxylic acids is 1. The molecule has 0 bridgehead atoms. The number of H-pyrrole nitrogens is 1. The molecule has 9 nitrogen and oxygen atoms in total. The molecule has 4 rings (SSSR count). The first kappa shape index (κ1) is 17.3. The van der Waals surface area contributed by atoms with Crippen LogP contribution < -0.4 is 5.43 Å². The summed E-state index contributed by atoms with van der Waals surface area (Å²) in [5.41, 5.74) is 3.69. The van der Waals surface area contributed by atoms with Gasteiger partial charge in [-0.05, 0) is 31.1 Å². The van der Waals surface area contributed by atoms with Crippen LogP contribution in [0.2, 0.25) is 0 Å². The molecule has 4 heterocycles. The number of aromatic nitrogens is 2. The van der Waals surface area contributed by atoms with Crippen LogP contribution in [0.4, 0.5) is 0 Å². The van der Waals surface area contributed by atoms with Gasteiger partial charge in [0.05, 0.1) is 6.10 Å². The minimum Gasteiger partial charge on any atom is -0.477 e. The summed E-state index contributed by atoms with van der Waals surface area (Å²) in [6.07, 6.45) is 5.74. The highest BCUT2D eigenvalue weighted by Crippen LogP contribution is 2.28. The van der Waals surface area contributed by atoms with E-state index in [-0.39, 0.29) is 11.6 Å². The Morgan fingerprint density at radius 2 is 2.33 bits per heavy atom. The number of fused-ring (bicyclic) bond motifs is 1. The van der Waals surface area contributed by atoms with Gasteiger partial charge in [-0.2, -0.15) is 0 Å². The zero-order valence-corrected chi connectivity index (χ0v) is 14.3. The fourth-order valence-electron chi connectivity index (χ4n) is 3.24. The Labute approximate surface area is 153 Å². The SMILES string of the molecule is O=C(O)C1=C(NN2CCCC(O)C2)OC(=Cc2c[nH]c3ncccc23)C1=O. The lowest BCUT2D eigenvalue weighted by molar-refractivity contribution is -0.134. The third kappa shape index (κ3) is 3.29. The Morgan fingerprint density at radius 1 is 1.48 bits per heavy atom. The maximum atomic E-state index is 12.6. The lowest BCUT2D eigenvalue weighted by Gasteiger charge is -2.30. The number of hydrogen-bond acceptors (Lipinski definition) is 7. The predicted molar refractivity (Wildman–Crippen MR) is 94.8 cm³/mol. The lowest BCUT2D eigenvalue weighted by atomic mass is 10.1. The molecule has 0 saturated carbocycles. The van der Waals surface area contributed by atoms with Gasteiger partial charge in [0.1, 0.15) is 5.65 Å². The molecule has 0 spiro atoms. The highest BCUT2D eigenvalue weighted by molar-refractivity contribution is 6.26. The fraction of sp³-hybridized carbons (Fsp3) is 0.278. The molecule has 2 aromatic rings. The number of ketones is 1. The van der Waals surface area contributed by atoms with Gasteiger partial charge in [0.2, 0.25) is 11.7 Å². The van der Waals surface area contributed by atoms with Crippen LogP contribution in [0.15, 0.2) is 41.7 Å². The second kappa shape index (κ2) is 6.86. The van der Waals surface area contributed by atoms with Gasteiger partial charge >= 0.3 is 5.97 Å². The maximum Gasteiger partial charge on any atom is 0.345 e. The van der Waals surface area contributed by atoms with E-state index in [0.29, 0.717) is 30.7 Å². The summed E-state index contributed by atoms with van der Waals surface area (Å²) in [5.74, 6) is -2.30. The van der Waals surface area contributed by atoms with Gasteiger partial charge in [-0.15, -0.1) is 0 Å². The van der Waals surface area contributed by atoms with Crippen molar-refractivity contribution >= 4 is 28.9 Å². The summed E-state index contributed by atoms with van der Waals surface area (Å²) < 4.78 is 5.55. The van der Waals surface area contributed by atoms with Crippen molar-refractivity contribution in [3.05, 3.63) is 47.3 Å². The van der Waals surface area contributed by atoms with Gasteiger partial charge in [0.25, 0.3) is 0 Å². The number of carbonyl (C=O) groups excluding carboxylic acids is 1. The average Bonchev–Trinajstić information content (AvgIpc) is 3.17. The number of allylic oxidation sites excluding steroid dienone is 1. The van der Waals surface area contributed by atoms with Gasteiger partial charge in [-0.1, -0.05) is 0 Å². The molecular weight excluding hydrogens is 352 g/mol. The van der Waals surface area contributed by atoms with E-state index in [1.165, 1.54) is 6.08 Å². The molecule has 0 aromatic carbocycles. The van der Waals surface area contributed by atoms with Crippen LogP contribution >= 0.6 is 0 Å². The zero-order chi connectivity index (χ0) is 19.0. The number of β-amino-alcohol motifs (C(OH)–C–C–N with tert-alkyl or cyclic N) is 1. The van der Waals surface area contributed by atoms with E-state index in [2.05, 4.69) is 15.4 Å². The number of Topliss-reactive ketones (excluding diaryl/α,β-unsaturated/α-hetero) is 1. The van der Waals surface area contributed by atoms with Crippen LogP contribution in [0.3, 0.4) is 0 Å².